The molecule has 0 fully saturated rings. The van der Waals surface area contributed by atoms with Gasteiger partial charge in [0.1, 0.15) is 0 Å². The lowest BCUT2D eigenvalue weighted by atomic mass is 10.2. The van der Waals surface area contributed by atoms with E-state index in [1.807, 2.05) is 27.7 Å². The number of unbranched alkanes of at least 4 members (excludes halogenated alkanes) is 3. The van der Waals surface area contributed by atoms with E-state index in [0.717, 1.165) is 6.61 Å². The van der Waals surface area contributed by atoms with Crippen molar-refractivity contribution >= 4 is 0 Å². The molecular weight excluding hydrogens is 162 g/mol. The van der Waals surface area contributed by atoms with Gasteiger partial charge in [-0.1, -0.05) is 53.9 Å². The smallest absolute Gasteiger partial charge is 0.0682 e. The summed E-state index contributed by atoms with van der Waals surface area (Å²) in [5.74, 6) is 0. The maximum Gasteiger partial charge on any atom is 0.0682 e. The lowest BCUT2D eigenvalue weighted by molar-refractivity contribution is 0.0551. The molecule has 0 aromatic carbocycles. The summed E-state index contributed by atoms with van der Waals surface area (Å²) in [6.07, 6.45) is 5.08. The zero-order valence-corrected chi connectivity index (χ0v) is 10.4. The van der Waals surface area contributed by atoms with Gasteiger partial charge >= 0.3 is 0 Å². The Bertz CT molecular complexity index is 43.4. The Labute approximate surface area is 85.0 Å². The average molecular weight is 191 g/mol. The van der Waals surface area contributed by atoms with Crippen molar-refractivity contribution in [3.05, 3.63) is 0 Å². The van der Waals surface area contributed by atoms with E-state index < -0.39 is 0 Å². The second kappa shape index (κ2) is 29.7. The van der Waals surface area contributed by atoms with Crippen molar-refractivity contribution in [2.75, 3.05) is 13.7 Å². The van der Waals surface area contributed by atoms with Gasteiger partial charge in [-0.3, -0.25) is 0 Å². The highest BCUT2D eigenvalue weighted by Gasteiger charge is 1.85. The fourth-order valence-corrected chi connectivity index (χ4v) is 0.703. The van der Waals surface area contributed by atoms with Crippen LogP contribution < -0.4 is 5.48 Å². The average Bonchev–Trinajstić information content (AvgIpc) is 2.24. The minimum atomic E-state index is 0.844. The van der Waals surface area contributed by atoms with E-state index in [-0.39, 0.29) is 0 Å². The van der Waals surface area contributed by atoms with Crippen LogP contribution in [0.1, 0.15) is 60.3 Å². The second-order valence-corrected chi connectivity index (χ2v) is 2.11. The third kappa shape index (κ3) is 33.5. The lowest BCUT2D eigenvalue weighted by Crippen LogP contribution is -2.07. The Morgan fingerprint density at radius 2 is 1.46 bits per heavy atom. The summed E-state index contributed by atoms with van der Waals surface area (Å²) in [7, 11) is 1.79. The molecule has 0 rings (SSSR count). The SMILES string of the molecule is CC.CC.CCCCCCONC. The van der Waals surface area contributed by atoms with Crippen LogP contribution in [0.4, 0.5) is 0 Å². The number of hydroxylamine groups is 1. The highest BCUT2D eigenvalue weighted by atomic mass is 16.6. The molecule has 2 heteroatoms. The van der Waals surface area contributed by atoms with Gasteiger partial charge in [-0.05, 0) is 6.42 Å². The Hall–Kier alpha value is -0.0800. The maximum atomic E-state index is 4.93. The van der Waals surface area contributed by atoms with Gasteiger partial charge in [0.05, 0.1) is 6.61 Å². The van der Waals surface area contributed by atoms with Gasteiger partial charge in [0.2, 0.25) is 0 Å². The molecule has 0 amide bonds. The van der Waals surface area contributed by atoms with E-state index in [1.54, 1.807) is 7.05 Å². The zero-order chi connectivity index (χ0) is 10.9. The molecule has 0 saturated carbocycles. The monoisotopic (exact) mass is 191 g/mol. The van der Waals surface area contributed by atoms with Crippen LogP contribution in [0, 0.1) is 0 Å². The van der Waals surface area contributed by atoms with Crippen LogP contribution in [0.5, 0.6) is 0 Å². The molecule has 0 aliphatic rings. The topological polar surface area (TPSA) is 21.3 Å². The van der Waals surface area contributed by atoms with Crippen molar-refractivity contribution in [2.24, 2.45) is 0 Å². The van der Waals surface area contributed by atoms with E-state index >= 15 is 0 Å². The molecule has 0 aliphatic carbocycles. The van der Waals surface area contributed by atoms with Crippen LogP contribution in [0.2, 0.25) is 0 Å². The van der Waals surface area contributed by atoms with Gasteiger partial charge in [0.25, 0.3) is 0 Å². The van der Waals surface area contributed by atoms with Crippen LogP contribution >= 0.6 is 0 Å². The molecule has 2 nitrogen and oxygen atoms in total. The first kappa shape index (κ1) is 18.7. The van der Waals surface area contributed by atoms with Gasteiger partial charge in [-0.25, -0.2) is 5.48 Å². The Morgan fingerprint density at radius 1 is 0.923 bits per heavy atom. The molecule has 13 heavy (non-hydrogen) atoms. The van der Waals surface area contributed by atoms with E-state index in [4.69, 9.17) is 4.84 Å². The first-order valence-electron chi connectivity index (χ1n) is 5.70. The summed E-state index contributed by atoms with van der Waals surface area (Å²) < 4.78 is 0. The van der Waals surface area contributed by atoms with Gasteiger partial charge < -0.3 is 4.84 Å². The molecule has 0 spiro atoms. The van der Waals surface area contributed by atoms with Gasteiger partial charge in [0, 0.05) is 7.05 Å². The molecule has 0 saturated heterocycles. The molecule has 0 aromatic rings. The van der Waals surface area contributed by atoms with Crippen molar-refractivity contribution in [2.45, 2.75) is 60.3 Å². The van der Waals surface area contributed by atoms with Crippen LogP contribution in [0.15, 0.2) is 0 Å². The minimum Gasteiger partial charge on any atom is -0.302 e. The van der Waals surface area contributed by atoms with Gasteiger partial charge in [-0.15, -0.1) is 0 Å². The molecule has 0 aliphatic heterocycles. The number of nitrogens with one attached hydrogen (secondary N) is 1. The van der Waals surface area contributed by atoms with Crippen LogP contribution in [0.25, 0.3) is 0 Å². The van der Waals surface area contributed by atoms with Crippen LogP contribution in [0.3, 0.4) is 0 Å². The lowest BCUT2D eigenvalue weighted by Gasteiger charge is -1.98. The second-order valence-electron chi connectivity index (χ2n) is 2.11. The third-order valence-electron chi connectivity index (χ3n) is 1.24. The molecular formula is C11H29NO. The predicted molar refractivity (Wildman–Crippen MR) is 61.8 cm³/mol. The van der Waals surface area contributed by atoms with Crippen molar-refractivity contribution < 1.29 is 4.84 Å². The van der Waals surface area contributed by atoms with Crippen LogP contribution in [-0.2, 0) is 4.84 Å². The summed E-state index contributed by atoms with van der Waals surface area (Å²) in [4.78, 5) is 4.93. The number of rotatable bonds is 6. The standard InChI is InChI=1S/C7H17NO.2C2H6/c1-3-4-5-6-7-9-8-2;2*1-2/h8H,3-7H2,1-2H3;2*1-2H3. The summed E-state index contributed by atoms with van der Waals surface area (Å²) in [5.41, 5.74) is 2.64. The molecule has 1 N–H and O–H groups in total. The first-order chi connectivity index (χ1) is 6.41. The number of hydrogen-bond acceptors (Lipinski definition) is 2. The largest absolute Gasteiger partial charge is 0.302 e. The maximum absolute atomic E-state index is 4.93. The molecule has 84 valence electrons. The highest BCUT2D eigenvalue weighted by Crippen LogP contribution is 1.97. The van der Waals surface area contributed by atoms with E-state index in [1.165, 1.54) is 25.7 Å². The van der Waals surface area contributed by atoms with Crippen molar-refractivity contribution in [3.63, 3.8) is 0 Å². The fourth-order valence-electron chi connectivity index (χ4n) is 0.703. The summed E-state index contributed by atoms with van der Waals surface area (Å²) in [6.45, 7) is 11.1. The van der Waals surface area contributed by atoms with E-state index in [2.05, 4.69) is 12.4 Å². The number of hydrogen-bond donors (Lipinski definition) is 1. The fraction of sp³-hybridized carbons (Fsp3) is 1.00. The zero-order valence-electron chi connectivity index (χ0n) is 10.4. The Kier molecular flexibility index (Phi) is 42.6. The summed E-state index contributed by atoms with van der Waals surface area (Å²) in [6, 6.07) is 0. The Balaban J connectivity index is -0.000000218. The van der Waals surface area contributed by atoms with Gasteiger partial charge in [0.15, 0.2) is 0 Å². The summed E-state index contributed by atoms with van der Waals surface area (Å²) in [5, 5.41) is 0. The van der Waals surface area contributed by atoms with Gasteiger partial charge in [-0.2, -0.15) is 0 Å². The summed E-state index contributed by atoms with van der Waals surface area (Å²) >= 11 is 0. The molecule has 0 unspecified atom stereocenters. The molecule has 0 radical (unpaired) electrons. The molecule has 0 aromatic heterocycles. The first-order valence-corrected chi connectivity index (χ1v) is 5.70. The molecule has 0 heterocycles. The van der Waals surface area contributed by atoms with Crippen molar-refractivity contribution in [1.82, 2.24) is 5.48 Å². The van der Waals surface area contributed by atoms with E-state index in [0.29, 0.717) is 0 Å². The third-order valence-corrected chi connectivity index (χ3v) is 1.24. The highest BCUT2D eigenvalue weighted by molar-refractivity contribution is 4.37. The predicted octanol–water partition coefficient (Wildman–Crippen LogP) is 3.77. The minimum absolute atomic E-state index is 0.844. The van der Waals surface area contributed by atoms with Crippen molar-refractivity contribution in [3.8, 4) is 0 Å². The normalized spacial score (nSPS) is 7.85. The molecule has 0 bridgehead atoms. The molecule has 0 atom stereocenters. The quantitative estimate of drug-likeness (QED) is 0.510. The van der Waals surface area contributed by atoms with E-state index in [9.17, 15) is 0 Å². The van der Waals surface area contributed by atoms with Crippen molar-refractivity contribution in [1.29, 1.82) is 0 Å². The Morgan fingerprint density at radius 3 is 1.85 bits per heavy atom. The van der Waals surface area contributed by atoms with Crippen LogP contribution in [-0.4, -0.2) is 13.7 Å².